The van der Waals surface area contributed by atoms with Crippen LogP contribution in [0.15, 0.2) is 69.6 Å². The maximum absolute atomic E-state index is 9.24. The zero-order chi connectivity index (χ0) is 14.7. The fraction of sp³-hybridized carbons (Fsp3) is 0.0588. The minimum atomic E-state index is 0.260. The van der Waals surface area contributed by atoms with Crippen LogP contribution in [0.25, 0.3) is 11.3 Å². The lowest BCUT2D eigenvalue weighted by Gasteiger charge is -2.04. The van der Waals surface area contributed by atoms with Crippen LogP contribution in [-0.4, -0.2) is 5.11 Å². The molecule has 0 spiro atoms. The molecule has 0 radical (unpaired) electrons. The van der Waals surface area contributed by atoms with Crippen molar-refractivity contribution >= 4 is 21.6 Å². The van der Waals surface area contributed by atoms with Crippen molar-refractivity contribution in [3.63, 3.8) is 0 Å². The highest BCUT2D eigenvalue weighted by molar-refractivity contribution is 9.10. The van der Waals surface area contributed by atoms with Crippen molar-refractivity contribution in [2.75, 3.05) is 5.32 Å². The molecule has 1 heterocycles. The van der Waals surface area contributed by atoms with Gasteiger partial charge in [0, 0.05) is 15.7 Å². The minimum absolute atomic E-state index is 0.260. The highest BCUT2D eigenvalue weighted by Crippen LogP contribution is 2.24. The summed E-state index contributed by atoms with van der Waals surface area (Å²) in [4.78, 5) is 0. The Morgan fingerprint density at radius 1 is 0.905 bits per heavy atom. The Balaban J connectivity index is 1.67. The van der Waals surface area contributed by atoms with Gasteiger partial charge in [-0.3, -0.25) is 0 Å². The van der Waals surface area contributed by atoms with Gasteiger partial charge in [-0.1, -0.05) is 28.1 Å². The summed E-state index contributed by atoms with van der Waals surface area (Å²) in [6.45, 7) is 0.599. The van der Waals surface area contributed by atoms with Gasteiger partial charge >= 0.3 is 0 Å². The molecule has 3 rings (SSSR count). The lowest BCUT2D eigenvalue weighted by molar-refractivity contribution is 0.475. The molecule has 0 unspecified atom stereocenters. The normalized spacial score (nSPS) is 10.5. The number of rotatable bonds is 4. The molecular formula is C17H14BrNO2. The van der Waals surface area contributed by atoms with Crippen LogP contribution < -0.4 is 5.32 Å². The molecule has 4 heteroatoms. The fourth-order valence-electron chi connectivity index (χ4n) is 2.01. The third-order valence-electron chi connectivity index (χ3n) is 3.12. The standard InChI is InChI=1S/C17H14BrNO2/c18-13-3-1-12(2-4-13)17-10-9-16(21-17)11-19-14-5-7-15(20)8-6-14/h1-10,19-20H,11H2. The van der Waals surface area contributed by atoms with Gasteiger partial charge in [0.15, 0.2) is 0 Å². The summed E-state index contributed by atoms with van der Waals surface area (Å²) < 4.78 is 6.88. The molecule has 0 saturated heterocycles. The Morgan fingerprint density at radius 3 is 2.33 bits per heavy atom. The summed E-state index contributed by atoms with van der Waals surface area (Å²) in [6, 6.07) is 18.9. The van der Waals surface area contributed by atoms with Gasteiger partial charge in [-0.25, -0.2) is 0 Å². The van der Waals surface area contributed by atoms with Gasteiger partial charge in [0.25, 0.3) is 0 Å². The Bertz CT molecular complexity index is 717. The molecule has 3 nitrogen and oxygen atoms in total. The Labute approximate surface area is 131 Å². The fourth-order valence-corrected chi connectivity index (χ4v) is 2.28. The van der Waals surface area contributed by atoms with Gasteiger partial charge in [0.1, 0.15) is 17.3 Å². The predicted molar refractivity (Wildman–Crippen MR) is 87.3 cm³/mol. The summed E-state index contributed by atoms with van der Waals surface area (Å²) in [5.41, 5.74) is 1.99. The van der Waals surface area contributed by atoms with Gasteiger partial charge in [0.2, 0.25) is 0 Å². The number of furan rings is 1. The first kappa shape index (κ1) is 13.8. The van der Waals surface area contributed by atoms with Crippen LogP contribution in [0.5, 0.6) is 5.75 Å². The number of hydrogen-bond donors (Lipinski definition) is 2. The monoisotopic (exact) mass is 343 g/mol. The van der Waals surface area contributed by atoms with Crippen LogP contribution in [0.1, 0.15) is 5.76 Å². The Morgan fingerprint density at radius 2 is 1.62 bits per heavy atom. The van der Waals surface area contributed by atoms with Crippen molar-refractivity contribution in [2.45, 2.75) is 6.54 Å². The van der Waals surface area contributed by atoms with Gasteiger partial charge in [-0.2, -0.15) is 0 Å². The summed E-state index contributed by atoms with van der Waals surface area (Å²) in [7, 11) is 0. The second-order valence-electron chi connectivity index (χ2n) is 4.67. The molecule has 0 aliphatic heterocycles. The zero-order valence-electron chi connectivity index (χ0n) is 11.2. The lowest BCUT2D eigenvalue weighted by Crippen LogP contribution is -1.97. The highest BCUT2D eigenvalue weighted by Gasteiger charge is 2.04. The first-order chi connectivity index (χ1) is 10.2. The third kappa shape index (κ3) is 3.47. The van der Waals surface area contributed by atoms with E-state index in [0.717, 1.165) is 27.2 Å². The number of phenols is 1. The number of halogens is 1. The summed E-state index contributed by atoms with van der Waals surface area (Å²) in [5, 5.41) is 12.5. The molecule has 106 valence electrons. The van der Waals surface area contributed by atoms with Crippen molar-refractivity contribution in [1.29, 1.82) is 0 Å². The van der Waals surface area contributed by atoms with Crippen LogP contribution >= 0.6 is 15.9 Å². The summed E-state index contributed by atoms with van der Waals surface area (Å²) in [5.74, 6) is 1.97. The zero-order valence-corrected chi connectivity index (χ0v) is 12.8. The molecule has 0 aliphatic rings. The number of benzene rings is 2. The summed E-state index contributed by atoms with van der Waals surface area (Å²) >= 11 is 3.42. The van der Waals surface area contributed by atoms with E-state index in [1.165, 1.54) is 0 Å². The smallest absolute Gasteiger partial charge is 0.134 e. The maximum Gasteiger partial charge on any atom is 0.134 e. The molecule has 3 aromatic rings. The number of nitrogens with one attached hydrogen (secondary N) is 1. The second-order valence-corrected chi connectivity index (χ2v) is 5.59. The molecule has 0 amide bonds. The number of hydrogen-bond acceptors (Lipinski definition) is 3. The Hall–Kier alpha value is -2.20. The molecule has 0 saturated carbocycles. The van der Waals surface area contributed by atoms with Crippen LogP contribution in [0, 0.1) is 0 Å². The van der Waals surface area contributed by atoms with E-state index in [2.05, 4.69) is 21.2 Å². The Kier molecular flexibility index (Phi) is 3.97. The van der Waals surface area contributed by atoms with E-state index in [1.54, 1.807) is 12.1 Å². The quantitative estimate of drug-likeness (QED) is 0.653. The first-order valence-electron chi connectivity index (χ1n) is 6.58. The van der Waals surface area contributed by atoms with E-state index < -0.39 is 0 Å². The van der Waals surface area contributed by atoms with Crippen molar-refractivity contribution in [2.24, 2.45) is 0 Å². The molecule has 2 aromatic carbocycles. The lowest BCUT2D eigenvalue weighted by atomic mass is 10.2. The van der Waals surface area contributed by atoms with Crippen LogP contribution in [0.4, 0.5) is 5.69 Å². The molecule has 0 atom stereocenters. The summed E-state index contributed by atoms with van der Waals surface area (Å²) in [6.07, 6.45) is 0. The van der Waals surface area contributed by atoms with Gasteiger partial charge in [-0.05, 0) is 48.5 Å². The maximum atomic E-state index is 9.24. The number of aromatic hydroxyl groups is 1. The first-order valence-corrected chi connectivity index (χ1v) is 7.37. The molecule has 21 heavy (non-hydrogen) atoms. The number of phenolic OH excluding ortho intramolecular Hbond substituents is 1. The van der Waals surface area contributed by atoms with E-state index in [-0.39, 0.29) is 5.75 Å². The van der Waals surface area contributed by atoms with E-state index in [9.17, 15) is 5.11 Å². The van der Waals surface area contributed by atoms with Crippen LogP contribution in [0.2, 0.25) is 0 Å². The third-order valence-corrected chi connectivity index (χ3v) is 3.65. The predicted octanol–water partition coefficient (Wildman–Crippen LogP) is 5.03. The molecule has 1 aromatic heterocycles. The van der Waals surface area contributed by atoms with Gasteiger partial charge in [0.05, 0.1) is 6.54 Å². The van der Waals surface area contributed by atoms with E-state index in [4.69, 9.17) is 4.42 Å². The van der Waals surface area contributed by atoms with E-state index in [1.807, 2.05) is 48.5 Å². The molecule has 0 bridgehead atoms. The molecule has 0 aliphatic carbocycles. The van der Waals surface area contributed by atoms with Crippen molar-refractivity contribution in [1.82, 2.24) is 0 Å². The molecule has 2 N–H and O–H groups in total. The number of anilines is 1. The van der Waals surface area contributed by atoms with Crippen LogP contribution in [0.3, 0.4) is 0 Å². The van der Waals surface area contributed by atoms with Crippen molar-refractivity contribution < 1.29 is 9.52 Å². The topological polar surface area (TPSA) is 45.4 Å². The minimum Gasteiger partial charge on any atom is -0.508 e. The average Bonchev–Trinajstić information content (AvgIpc) is 2.96. The largest absolute Gasteiger partial charge is 0.508 e. The SMILES string of the molecule is Oc1ccc(NCc2ccc(-c3ccc(Br)cc3)o2)cc1. The highest BCUT2D eigenvalue weighted by atomic mass is 79.9. The second kappa shape index (κ2) is 6.06. The van der Waals surface area contributed by atoms with Gasteiger partial charge < -0.3 is 14.8 Å². The average molecular weight is 344 g/mol. The van der Waals surface area contributed by atoms with E-state index in [0.29, 0.717) is 6.54 Å². The van der Waals surface area contributed by atoms with E-state index >= 15 is 0 Å². The molecule has 0 fully saturated rings. The van der Waals surface area contributed by atoms with Gasteiger partial charge in [-0.15, -0.1) is 0 Å². The molecular weight excluding hydrogens is 330 g/mol. The van der Waals surface area contributed by atoms with Crippen LogP contribution in [-0.2, 0) is 6.54 Å². The van der Waals surface area contributed by atoms with Crippen molar-refractivity contribution in [3.05, 3.63) is 70.9 Å². The van der Waals surface area contributed by atoms with Crippen molar-refractivity contribution in [3.8, 4) is 17.1 Å².